The minimum Gasteiger partial charge on any atom is -0.592 e. The highest BCUT2D eigenvalue weighted by Gasteiger charge is 2.59. The van der Waals surface area contributed by atoms with Crippen LogP contribution in [-0.2, 0) is 29.3 Å². The molecule has 6 nitrogen and oxygen atoms in total. The van der Waals surface area contributed by atoms with Crippen LogP contribution in [0.4, 0.5) is 13.2 Å². The Morgan fingerprint density at radius 1 is 1.19 bits per heavy atom. The summed E-state index contributed by atoms with van der Waals surface area (Å²) in [6.07, 6.45) is -2.48. The van der Waals surface area contributed by atoms with Gasteiger partial charge in [0.2, 0.25) is 0 Å². The van der Waals surface area contributed by atoms with Crippen LogP contribution < -0.4 is 0 Å². The van der Waals surface area contributed by atoms with Crippen molar-refractivity contribution in [3.05, 3.63) is 11.8 Å². The highest BCUT2D eigenvalue weighted by molar-refractivity contribution is 7.89. The monoisotopic (exact) mass is 392 g/mol. The molecule has 3 saturated heterocycles. The number of aryl methyl sites for hydroxylation is 1. The fourth-order valence-electron chi connectivity index (χ4n) is 4.18. The van der Waals surface area contributed by atoms with E-state index in [4.69, 9.17) is 4.74 Å². The van der Waals surface area contributed by atoms with Crippen molar-refractivity contribution >= 4 is 11.4 Å². The third-order valence-electron chi connectivity index (χ3n) is 5.95. The molecule has 3 aliphatic rings. The fraction of sp³-hybridized carbons (Fsp3) is 0.812. The first-order valence-corrected chi connectivity index (χ1v) is 9.84. The molecule has 1 aromatic rings. The van der Waals surface area contributed by atoms with Crippen LogP contribution in [0.2, 0.25) is 0 Å². The Morgan fingerprint density at radius 3 is 2.35 bits per heavy atom. The maximum atomic E-state index is 12.8. The normalized spacial score (nSPS) is 27.2. The summed E-state index contributed by atoms with van der Waals surface area (Å²) in [5.74, 6) is 0. The molecular weight excluding hydrogens is 369 g/mol. The Bertz CT molecular complexity index is 676. The molecule has 10 heteroatoms. The predicted molar refractivity (Wildman–Crippen MR) is 88.7 cm³/mol. The number of alkyl halides is 3. The number of hydrogen-bond acceptors (Lipinski definition) is 5. The van der Waals surface area contributed by atoms with Gasteiger partial charge in [-0.2, -0.15) is 18.3 Å². The summed E-state index contributed by atoms with van der Waals surface area (Å²) >= 11 is -1.61. The maximum Gasteiger partial charge on any atom is 0.435 e. The third-order valence-corrected chi connectivity index (χ3v) is 7.42. The second-order valence-electron chi connectivity index (χ2n) is 8.00. The van der Waals surface area contributed by atoms with Crippen LogP contribution in [0, 0.1) is 5.41 Å². The van der Waals surface area contributed by atoms with Gasteiger partial charge in [0.15, 0.2) is 5.69 Å². The number of likely N-dealkylation sites (tertiary alicyclic amines) is 1. The lowest BCUT2D eigenvalue weighted by molar-refractivity contribution is -0.148. The second-order valence-corrected chi connectivity index (χ2v) is 9.43. The Hall–Kier alpha value is -0.810. The Kier molecular flexibility index (Phi) is 4.35. The minimum atomic E-state index is -4.52. The largest absolute Gasteiger partial charge is 0.592 e. The minimum absolute atomic E-state index is 0.0970. The van der Waals surface area contributed by atoms with Crippen molar-refractivity contribution in [2.24, 2.45) is 12.5 Å². The van der Waals surface area contributed by atoms with E-state index >= 15 is 0 Å². The van der Waals surface area contributed by atoms with Gasteiger partial charge in [0.25, 0.3) is 5.03 Å². The summed E-state index contributed by atoms with van der Waals surface area (Å²) in [6.45, 7) is 7.05. The zero-order valence-electron chi connectivity index (χ0n) is 14.9. The maximum absolute atomic E-state index is 12.8. The van der Waals surface area contributed by atoms with E-state index in [1.54, 1.807) is 4.31 Å². The fourth-order valence-corrected chi connectivity index (χ4v) is 5.70. The van der Waals surface area contributed by atoms with Gasteiger partial charge < -0.3 is 9.29 Å². The van der Waals surface area contributed by atoms with Crippen LogP contribution in [0.5, 0.6) is 0 Å². The average molecular weight is 392 g/mol. The number of halogens is 3. The first-order chi connectivity index (χ1) is 12.1. The van der Waals surface area contributed by atoms with Crippen molar-refractivity contribution in [2.75, 3.05) is 39.4 Å². The van der Waals surface area contributed by atoms with Crippen molar-refractivity contribution in [3.8, 4) is 0 Å². The first kappa shape index (κ1) is 18.5. The van der Waals surface area contributed by atoms with Crippen molar-refractivity contribution in [2.45, 2.75) is 36.5 Å². The van der Waals surface area contributed by atoms with Gasteiger partial charge in [-0.05, 0) is 19.8 Å². The lowest BCUT2D eigenvalue weighted by Gasteiger charge is -2.63. The number of nitrogens with zero attached hydrogens (tertiary/aromatic N) is 4. The number of hydrogen-bond donors (Lipinski definition) is 0. The predicted octanol–water partition coefficient (Wildman–Crippen LogP) is 1.65. The van der Waals surface area contributed by atoms with Gasteiger partial charge in [-0.3, -0.25) is 4.90 Å². The molecular formula is C16H23F3N4O2S. The molecule has 4 heterocycles. The Labute approximate surface area is 153 Å². The lowest BCUT2D eigenvalue weighted by Crippen LogP contribution is -2.76. The van der Waals surface area contributed by atoms with Crippen LogP contribution in [0.1, 0.15) is 25.5 Å². The highest BCUT2D eigenvalue weighted by atomic mass is 32.2. The van der Waals surface area contributed by atoms with E-state index in [1.807, 2.05) is 0 Å². The van der Waals surface area contributed by atoms with Crippen LogP contribution >= 0.6 is 0 Å². The van der Waals surface area contributed by atoms with E-state index < -0.39 is 23.2 Å². The van der Waals surface area contributed by atoms with Gasteiger partial charge in [-0.1, -0.05) is 0 Å². The molecule has 1 unspecified atom stereocenters. The average Bonchev–Trinajstić information content (AvgIpc) is 2.87. The summed E-state index contributed by atoms with van der Waals surface area (Å²) in [7, 11) is 1.40. The Morgan fingerprint density at radius 2 is 1.81 bits per heavy atom. The smallest absolute Gasteiger partial charge is 0.435 e. The zero-order valence-corrected chi connectivity index (χ0v) is 15.7. The molecule has 3 aliphatic heterocycles. The molecule has 1 atom stereocenters. The van der Waals surface area contributed by atoms with Crippen molar-refractivity contribution in [1.82, 2.24) is 19.0 Å². The summed E-state index contributed by atoms with van der Waals surface area (Å²) in [6, 6.07) is 0.886. The van der Waals surface area contributed by atoms with Crippen molar-refractivity contribution < 1.29 is 22.5 Å². The van der Waals surface area contributed by atoms with E-state index in [1.165, 1.54) is 7.05 Å². The third kappa shape index (κ3) is 3.05. The summed E-state index contributed by atoms with van der Waals surface area (Å²) in [4.78, 5) is 2.47. The molecule has 0 bridgehead atoms. The van der Waals surface area contributed by atoms with Gasteiger partial charge in [0.05, 0.1) is 13.1 Å². The molecule has 4 rings (SSSR count). The van der Waals surface area contributed by atoms with Gasteiger partial charge in [-0.15, -0.1) is 4.31 Å². The quantitative estimate of drug-likeness (QED) is 0.733. The first-order valence-electron chi connectivity index (χ1n) is 8.73. The molecule has 0 aromatic carbocycles. The SMILES string of the molecule is Cn1nc(C(F)(F)F)cc1[S+]([O-])N1CC2(C1)CN(C1(C)CCOCC1)C2. The molecule has 0 radical (unpaired) electrons. The van der Waals surface area contributed by atoms with Crippen molar-refractivity contribution in [1.29, 1.82) is 0 Å². The number of ether oxygens (including phenoxy) is 1. The van der Waals surface area contributed by atoms with Crippen LogP contribution in [0.15, 0.2) is 11.1 Å². The van der Waals surface area contributed by atoms with Gasteiger partial charge in [-0.25, -0.2) is 4.68 Å². The van der Waals surface area contributed by atoms with E-state index in [9.17, 15) is 17.7 Å². The number of aromatic nitrogens is 2. The standard InChI is InChI=1S/C16H23F3N4O2S/c1-14(3-5-25-6-4-14)22-8-15(9-22)10-23(11-15)26(24)13-7-12(16(17,18)19)20-21(13)2/h7H,3-6,8-11H2,1-2H3. The molecule has 0 saturated carbocycles. The van der Waals surface area contributed by atoms with E-state index in [2.05, 4.69) is 16.9 Å². The molecule has 3 fully saturated rings. The summed E-state index contributed by atoms with van der Waals surface area (Å²) < 4.78 is 59.2. The van der Waals surface area contributed by atoms with E-state index in [0.717, 1.165) is 49.9 Å². The van der Waals surface area contributed by atoms with E-state index in [-0.39, 0.29) is 16.0 Å². The highest BCUT2D eigenvalue weighted by Crippen LogP contribution is 2.46. The van der Waals surface area contributed by atoms with E-state index in [0.29, 0.717) is 13.1 Å². The molecule has 146 valence electrons. The summed E-state index contributed by atoms with van der Waals surface area (Å²) in [5.41, 5.74) is -0.698. The summed E-state index contributed by atoms with van der Waals surface area (Å²) in [5, 5.41) is 3.55. The number of rotatable bonds is 3. The molecule has 1 aromatic heterocycles. The molecule has 26 heavy (non-hydrogen) atoms. The lowest BCUT2D eigenvalue weighted by atomic mass is 9.71. The second kappa shape index (κ2) is 6.10. The van der Waals surface area contributed by atoms with Crippen LogP contribution in [0.25, 0.3) is 0 Å². The van der Waals surface area contributed by atoms with Crippen molar-refractivity contribution in [3.63, 3.8) is 0 Å². The Balaban J connectivity index is 1.35. The molecule has 1 spiro atoms. The van der Waals surface area contributed by atoms with Crippen LogP contribution in [0.3, 0.4) is 0 Å². The van der Waals surface area contributed by atoms with Crippen LogP contribution in [-0.4, -0.2) is 68.5 Å². The van der Waals surface area contributed by atoms with Gasteiger partial charge >= 0.3 is 6.18 Å². The van der Waals surface area contributed by atoms with Gasteiger partial charge in [0, 0.05) is 50.4 Å². The molecule has 0 aliphatic carbocycles. The van der Waals surface area contributed by atoms with Gasteiger partial charge in [0.1, 0.15) is 11.4 Å². The topological polar surface area (TPSA) is 56.6 Å². The zero-order chi connectivity index (χ0) is 18.7. The molecule has 0 amide bonds. The molecule has 0 N–H and O–H groups in total.